The quantitative estimate of drug-likeness (QED) is 0.149. The van der Waals surface area contributed by atoms with Crippen LogP contribution in [0.15, 0.2) is 168 Å². The number of hydrogen-bond acceptors (Lipinski definition) is 4. The molecule has 12 aromatic rings. The number of hydrogen-bond donors (Lipinski definition) is 0. The van der Waals surface area contributed by atoms with Gasteiger partial charge in [0.1, 0.15) is 11.1 Å². The zero-order chi connectivity index (χ0) is 63.4. The number of furan rings is 1. The van der Waals surface area contributed by atoms with Gasteiger partial charge in [0.2, 0.25) is 0 Å². The summed E-state index contributed by atoms with van der Waals surface area (Å²) >= 11 is 0. The largest absolute Gasteiger partial charge is 0.498 e. The van der Waals surface area contributed by atoms with E-state index in [9.17, 15) is 0 Å². The molecule has 0 aliphatic carbocycles. The molecule has 0 N–H and O–H groups in total. The summed E-state index contributed by atoms with van der Waals surface area (Å²) in [6.07, 6.45) is 1.27. The van der Waals surface area contributed by atoms with Gasteiger partial charge in [0.05, 0.1) is 22.4 Å². The molecular weight excluding hydrogens is 1090 g/mol. The first-order chi connectivity index (χ1) is 41.1. The van der Waals surface area contributed by atoms with E-state index in [0.29, 0.717) is 60.9 Å². The van der Waals surface area contributed by atoms with Crippen molar-refractivity contribution in [2.45, 2.75) is 93.1 Å². The molecule has 4 heterocycles. The SMILES string of the molecule is [2H]C([2H])([2H])c1c[c-]c(-c2nc3ccccc3n2-c2c(C([2H])(C)C)cccc2C([2H])(C)C)cc1.[2H]C([2H])([2H])c1ccc2ccc3c4cc[c-]c(-c5cc(-c6cc7ccc(-c8ccc(C(C)(C)C)cc8)cc7cc6C([2H])([2H])[2H])c(C([2H])([2H])[2H])cn5)c4oc3c2n1.[Ir]. The van der Waals surface area contributed by atoms with E-state index in [0.717, 1.165) is 44.4 Å². The van der Waals surface area contributed by atoms with Crippen molar-refractivity contribution in [3.8, 4) is 50.6 Å². The average Bonchev–Trinajstić information content (AvgIpc) is 1.75. The Kier molecular flexibility index (Phi) is 9.87. The Bertz CT molecular complexity index is 4640. The van der Waals surface area contributed by atoms with E-state index in [-0.39, 0.29) is 59.0 Å². The van der Waals surface area contributed by atoms with Gasteiger partial charge in [0.25, 0.3) is 0 Å². The van der Waals surface area contributed by atoms with Gasteiger partial charge in [0.15, 0.2) is 0 Å². The first-order valence-corrected chi connectivity index (χ1v) is 24.6. The number of fused-ring (bicyclic) bond motifs is 7. The van der Waals surface area contributed by atoms with Crippen LogP contribution in [0.2, 0.25) is 0 Å². The van der Waals surface area contributed by atoms with Crippen LogP contribution in [0.25, 0.3) is 105 Å². The molecule has 0 amide bonds. The van der Waals surface area contributed by atoms with Crippen LogP contribution in [-0.4, -0.2) is 19.5 Å². The van der Waals surface area contributed by atoms with Crippen LogP contribution in [0.3, 0.4) is 0 Å². The number of aryl methyl sites for hydroxylation is 4. The summed E-state index contributed by atoms with van der Waals surface area (Å²) in [5, 5.41) is 3.56. The number of para-hydroxylation sites is 3. The van der Waals surface area contributed by atoms with Gasteiger partial charge in [-0.25, -0.2) is 4.98 Å². The molecule has 1 radical (unpaired) electrons. The number of nitrogens with zero attached hydrogens (tertiary/aromatic N) is 4. The number of rotatable bonds is 7. The summed E-state index contributed by atoms with van der Waals surface area (Å²) < 4.78 is 124. The summed E-state index contributed by atoms with van der Waals surface area (Å²) in [4.78, 5) is 13.9. The zero-order valence-electron chi connectivity index (χ0n) is 56.6. The van der Waals surface area contributed by atoms with Crippen molar-refractivity contribution in [3.63, 3.8) is 0 Å². The molecule has 0 aliphatic heterocycles. The maximum atomic E-state index is 8.83. The molecule has 8 aromatic carbocycles. The molecule has 0 saturated heterocycles. The molecule has 75 heavy (non-hydrogen) atoms. The fourth-order valence-corrected chi connectivity index (χ4v) is 9.84. The fraction of sp³-hybridized carbons (Fsp3) is 0.203. The van der Waals surface area contributed by atoms with E-state index in [2.05, 4.69) is 67.1 Å². The first kappa shape index (κ1) is 36.4. The molecule has 0 saturated carbocycles. The molecule has 4 aromatic heterocycles. The fourth-order valence-electron chi connectivity index (χ4n) is 9.84. The molecule has 0 atom stereocenters. The van der Waals surface area contributed by atoms with Crippen molar-refractivity contribution in [1.82, 2.24) is 19.5 Å². The van der Waals surface area contributed by atoms with E-state index in [1.54, 1.807) is 42.5 Å². The predicted octanol–water partition coefficient (Wildman–Crippen LogP) is 18.8. The third-order valence-corrected chi connectivity index (χ3v) is 13.7. The number of aromatic nitrogens is 4. The molecule has 0 fully saturated rings. The summed E-state index contributed by atoms with van der Waals surface area (Å²) in [5.74, 6) is -1.25. The van der Waals surface area contributed by atoms with Gasteiger partial charge < -0.3 is 14.0 Å². The minimum atomic E-state index is -2.62. The van der Waals surface area contributed by atoms with Crippen molar-refractivity contribution < 1.29 is 43.7 Å². The molecule has 6 heteroatoms. The van der Waals surface area contributed by atoms with Crippen LogP contribution in [0.5, 0.6) is 0 Å². The number of benzene rings is 8. The Morgan fingerprint density at radius 1 is 0.627 bits per heavy atom. The Morgan fingerprint density at radius 2 is 1.36 bits per heavy atom. The summed E-state index contributed by atoms with van der Waals surface area (Å²) in [7, 11) is 0. The average molecular weight is 1170 g/mol. The van der Waals surface area contributed by atoms with E-state index >= 15 is 0 Å². The second kappa shape index (κ2) is 20.3. The maximum Gasteiger partial charge on any atom is 0.147 e. The molecule has 5 nitrogen and oxygen atoms in total. The van der Waals surface area contributed by atoms with Gasteiger partial charge in [-0.3, -0.25) is 4.98 Å². The van der Waals surface area contributed by atoms with E-state index in [1.165, 1.54) is 23.9 Å². The van der Waals surface area contributed by atoms with Gasteiger partial charge in [-0.05, 0) is 135 Å². The standard InChI is InChI=1S/C43H35N2O.C26H27N2.Ir/c1-25-20-32-21-30(28-14-17-33(18-15-28)43(4,5)6)12-13-31(32)22-37(25)38-23-39(44-24-26(38)2)36-9-7-8-34-35-19-16-29-11-10-27(3)45-40(29)42(35)46-41(34)36;1-17(2)21-9-8-10-22(18(3)4)25(21)28-24-12-7-6-11-23(24)27-26(28)20-15-13-19(5)14-16-20;/h7-8,10-24H,1-6H3;6-15,17-18H,1-5H3;/q2*-1;/i1D3,2D3,3D3;5D3,17D,18D;. The van der Waals surface area contributed by atoms with E-state index in [4.69, 9.17) is 28.6 Å². The first-order valence-electron chi connectivity index (χ1n) is 31.6. The third-order valence-electron chi connectivity index (χ3n) is 13.7. The van der Waals surface area contributed by atoms with Crippen molar-refractivity contribution >= 4 is 54.6 Å². The van der Waals surface area contributed by atoms with Crippen LogP contribution in [-0.2, 0) is 25.5 Å². The van der Waals surface area contributed by atoms with E-state index in [1.807, 2.05) is 111 Å². The normalized spacial score (nSPS) is 15.5. The molecule has 0 spiro atoms. The smallest absolute Gasteiger partial charge is 0.147 e. The minimum absolute atomic E-state index is 0. The summed E-state index contributed by atoms with van der Waals surface area (Å²) in [5.41, 5.74) is 10.2. The second-order valence-electron chi connectivity index (χ2n) is 20.3. The van der Waals surface area contributed by atoms with Crippen LogP contribution >= 0.6 is 0 Å². The molecule has 375 valence electrons. The maximum absolute atomic E-state index is 8.83. The Morgan fingerprint density at radius 3 is 2.08 bits per heavy atom. The van der Waals surface area contributed by atoms with Crippen LogP contribution in [0.1, 0.15) is 119 Å². The van der Waals surface area contributed by atoms with Crippen LogP contribution in [0, 0.1) is 39.5 Å². The van der Waals surface area contributed by atoms with Gasteiger partial charge in [-0.1, -0.05) is 163 Å². The Balaban J connectivity index is 0.000000220. The number of pyridine rings is 2. The van der Waals surface area contributed by atoms with E-state index < -0.39 is 39.2 Å². The van der Waals surface area contributed by atoms with Gasteiger partial charge in [0, 0.05) is 67.6 Å². The zero-order valence-corrected chi connectivity index (χ0v) is 45.0. The van der Waals surface area contributed by atoms with Crippen molar-refractivity contribution in [2.24, 2.45) is 0 Å². The summed E-state index contributed by atoms with van der Waals surface area (Å²) in [6.45, 7) is 3.99. The molecule has 12 rings (SSSR count). The Hall–Kier alpha value is -7.50. The monoisotopic (exact) mass is 1170 g/mol. The van der Waals surface area contributed by atoms with Crippen LogP contribution in [0.4, 0.5) is 0 Å². The molecule has 0 aliphatic rings. The van der Waals surface area contributed by atoms with Crippen molar-refractivity contribution in [3.05, 3.63) is 215 Å². The predicted molar refractivity (Wildman–Crippen MR) is 311 cm³/mol. The Labute approximate surface area is 474 Å². The van der Waals surface area contributed by atoms with Gasteiger partial charge in [-0.15, -0.1) is 53.6 Å². The molecule has 0 unspecified atom stereocenters. The third kappa shape index (κ3) is 9.63. The molecule has 0 bridgehead atoms. The van der Waals surface area contributed by atoms with Crippen molar-refractivity contribution in [2.75, 3.05) is 0 Å². The van der Waals surface area contributed by atoms with Gasteiger partial charge >= 0.3 is 0 Å². The topological polar surface area (TPSA) is 56.7 Å². The van der Waals surface area contributed by atoms with Crippen molar-refractivity contribution in [1.29, 1.82) is 0 Å². The summed E-state index contributed by atoms with van der Waals surface area (Å²) in [6, 6.07) is 54.2. The van der Waals surface area contributed by atoms with Crippen LogP contribution < -0.4 is 0 Å². The van der Waals surface area contributed by atoms with Gasteiger partial charge in [-0.2, -0.15) is 0 Å². The molecular formula is C69H62IrN4O-2. The second-order valence-corrected chi connectivity index (χ2v) is 20.3. The number of imidazole rings is 1. The minimum Gasteiger partial charge on any atom is -0.498 e.